The number of nitrogens with one attached hydrogen (secondary N) is 1. The number of rotatable bonds is 3. The van der Waals surface area contributed by atoms with Crippen LogP contribution in [0.25, 0.3) is 44.6 Å². The molecule has 5 aromatic rings. The van der Waals surface area contributed by atoms with E-state index in [2.05, 4.69) is 15.3 Å². The number of hydrogen-bond donors (Lipinski definition) is 1. The highest BCUT2D eigenvalue weighted by molar-refractivity contribution is 6.00. The number of nitrogens with zero attached hydrogens (tertiary/aromatic N) is 5. The third-order valence-electron chi connectivity index (χ3n) is 6.29. The van der Waals surface area contributed by atoms with Crippen molar-refractivity contribution in [3.63, 3.8) is 0 Å². The Morgan fingerprint density at radius 3 is 2.53 bits per heavy atom. The van der Waals surface area contributed by atoms with Crippen LogP contribution in [0.4, 0.5) is 0 Å². The van der Waals surface area contributed by atoms with Crippen LogP contribution in [0.15, 0.2) is 71.8 Å². The van der Waals surface area contributed by atoms with Gasteiger partial charge in [-0.1, -0.05) is 30.3 Å². The first-order chi connectivity index (χ1) is 15.7. The maximum Gasteiger partial charge on any atom is 0.329 e. The highest BCUT2D eigenvalue weighted by atomic mass is 16.1. The van der Waals surface area contributed by atoms with Crippen LogP contribution in [0, 0.1) is 0 Å². The smallest absolute Gasteiger partial charge is 0.315 e. The minimum Gasteiger partial charge on any atom is -0.315 e. The molecular weight excluding hydrogens is 400 g/mol. The molecule has 1 saturated heterocycles. The van der Waals surface area contributed by atoms with Crippen LogP contribution in [0.3, 0.4) is 0 Å². The van der Waals surface area contributed by atoms with E-state index in [-0.39, 0.29) is 11.7 Å². The fourth-order valence-electron chi connectivity index (χ4n) is 4.57. The Bertz CT molecular complexity index is 1500. The largest absolute Gasteiger partial charge is 0.329 e. The zero-order chi connectivity index (χ0) is 21.7. The number of fused-ring (bicyclic) bond motifs is 3. The zero-order valence-electron chi connectivity index (χ0n) is 17.7. The average molecular weight is 422 g/mol. The Hall–Kier alpha value is -3.84. The topological polar surface area (TPSA) is 77.6 Å². The van der Waals surface area contributed by atoms with Gasteiger partial charge in [-0.25, -0.2) is 9.78 Å². The Morgan fingerprint density at radius 2 is 1.78 bits per heavy atom. The summed E-state index contributed by atoms with van der Waals surface area (Å²) in [5, 5.41) is 3.36. The Balaban J connectivity index is 1.51. The molecular formula is C25H22N6O. The van der Waals surface area contributed by atoms with Crippen LogP contribution in [-0.2, 0) is 7.05 Å². The normalized spacial score (nSPS) is 16.2. The third kappa shape index (κ3) is 2.93. The lowest BCUT2D eigenvalue weighted by molar-refractivity contribution is 0.536. The molecule has 1 aliphatic heterocycles. The first-order valence-corrected chi connectivity index (χ1v) is 10.8. The Morgan fingerprint density at radius 1 is 0.938 bits per heavy atom. The van der Waals surface area contributed by atoms with Gasteiger partial charge < -0.3 is 5.32 Å². The molecule has 0 spiro atoms. The lowest BCUT2D eigenvalue weighted by atomic mass is 10.1. The van der Waals surface area contributed by atoms with Crippen molar-refractivity contribution in [1.82, 2.24) is 29.4 Å². The molecule has 0 saturated carbocycles. The molecule has 0 aliphatic carbocycles. The predicted octanol–water partition coefficient (Wildman–Crippen LogP) is 3.55. The van der Waals surface area contributed by atoms with Gasteiger partial charge in [0.15, 0.2) is 0 Å². The molecule has 0 amide bonds. The Labute approximate surface area is 184 Å². The van der Waals surface area contributed by atoms with E-state index < -0.39 is 0 Å². The molecule has 0 bridgehead atoms. The van der Waals surface area contributed by atoms with Gasteiger partial charge in [0.05, 0.1) is 40.2 Å². The molecule has 7 nitrogen and oxygen atoms in total. The van der Waals surface area contributed by atoms with E-state index in [1.165, 1.54) is 0 Å². The second-order valence-electron chi connectivity index (χ2n) is 8.21. The Kier molecular flexibility index (Phi) is 4.36. The third-order valence-corrected chi connectivity index (χ3v) is 6.29. The monoisotopic (exact) mass is 422 g/mol. The quantitative estimate of drug-likeness (QED) is 0.481. The molecule has 1 unspecified atom stereocenters. The zero-order valence-corrected chi connectivity index (χ0v) is 17.7. The summed E-state index contributed by atoms with van der Waals surface area (Å²) in [6.45, 7) is 1.70. The van der Waals surface area contributed by atoms with E-state index in [9.17, 15) is 4.79 Å². The molecule has 6 rings (SSSR count). The fraction of sp³-hybridized carbons (Fsp3) is 0.200. The summed E-state index contributed by atoms with van der Waals surface area (Å²) in [6, 6.07) is 18.2. The van der Waals surface area contributed by atoms with E-state index >= 15 is 0 Å². The molecule has 1 atom stereocenters. The second-order valence-corrected chi connectivity index (χ2v) is 8.21. The standard InChI is InChI=1S/C25H22N6O/c1-30-22-15-28-21-10-9-20(17-7-8-19(27-13-17)16-5-3-2-4-6-16)29-23(21)24(22)31(25(30)32)18-11-12-26-14-18/h2-10,13,15,18,26H,11-12,14H2,1H3. The first kappa shape index (κ1) is 18.9. The molecule has 1 aromatic carbocycles. The van der Waals surface area contributed by atoms with Gasteiger partial charge in [-0.2, -0.15) is 0 Å². The molecule has 5 heterocycles. The van der Waals surface area contributed by atoms with Crippen molar-refractivity contribution in [2.75, 3.05) is 13.1 Å². The van der Waals surface area contributed by atoms with Crippen LogP contribution in [0.2, 0.25) is 0 Å². The van der Waals surface area contributed by atoms with Crippen LogP contribution >= 0.6 is 0 Å². The number of benzene rings is 1. The number of hydrogen-bond acceptors (Lipinski definition) is 5. The van der Waals surface area contributed by atoms with Gasteiger partial charge in [0.25, 0.3) is 0 Å². The molecule has 4 aromatic heterocycles. The fourth-order valence-corrected chi connectivity index (χ4v) is 4.57. The highest BCUT2D eigenvalue weighted by Crippen LogP contribution is 2.28. The lowest BCUT2D eigenvalue weighted by Gasteiger charge is -2.12. The first-order valence-electron chi connectivity index (χ1n) is 10.8. The van der Waals surface area contributed by atoms with Crippen LogP contribution in [-0.4, -0.2) is 37.2 Å². The van der Waals surface area contributed by atoms with E-state index in [0.29, 0.717) is 0 Å². The van der Waals surface area contributed by atoms with Crippen molar-refractivity contribution < 1.29 is 0 Å². The van der Waals surface area contributed by atoms with Gasteiger partial charge in [0.1, 0.15) is 5.52 Å². The minimum absolute atomic E-state index is 0.0240. The summed E-state index contributed by atoms with van der Waals surface area (Å²) in [6.07, 6.45) is 4.55. The molecule has 1 aliphatic rings. The molecule has 1 N–H and O–H groups in total. The van der Waals surface area contributed by atoms with Crippen LogP contribution < -0.4 is 11.0 Å². The number of pyridine rings is 3. The van der Waals surface area contributed by atoms with E-state index in [1.807, 2.05) is 65.4 Å². The minimum atomic E-state index is -0.0240. The van der Waals surface area contributed by atoms with E-state index in [4.69, 9.17) is 4.98 Å². The van der Waals surface area contributed by atoms with Gasteiger partial charge in [-0.3, -0.25) is 19.1 Å². The van der Waals surface area contributed by atoms with Gasteiger partial charge in [-0.05, 0) is 37.2 Å². The molecule has 158 valence electrons. The van der Waals surface area contributed by atoms with Crippen molar-refractivity contribution in [1.29, 1.82) is 0 Å². The maximum absolute atomic E-state index is 13.1. The summed E-state index contributed by atoms with van der Waals surface area (Å²) in [4.78, 5) is 27.3. The number of aromatic nitrogens is 5. The lowest BCUT2D eigenvalue weighted by Crippen LogP contribution is -2.27. The number of aryl methyl sites for hydroxylation is 1. The predicted molar refractivity (Wildman–Crippen MR) is 125 cm³/mol. The molecule has 32 heavy (non-hydrogen) atoms. The van der Waals surface area contributed by atoms with Crippen molar-refractivity contribution in [3.05, 3.63) is 77.5 Å². The summed E-state index contributed by atoms with van der Waals surface area (Å²) in [7, 11) is 1.80. The highest BCUT2D eigenvalue weighted by Gasteiger charge is 2.24. The van der Waals surface area contributed by atoms with Crippen molar-refractivity contribution >= 4 is 22.1 Å². The van der Waals surface area contributed by atoms with Gasteiger partial charge in [0.2, 0.25) is 0 Å². The van der Waals surface area contributed by atoms with Crippen molar-refractivity contribution in [2.45, 2.75) is 12.5 Å². The van der Waals surface area contributed by atoms with Crippen molar-refractivity contribution in [3.8, 4) is 22.5 Å². The van der Waals surface area contributed by atoms with E-state index in [0.717, 1.165) is 64.1 Å². The summed E-state index contributed by atoms with van der Waals surface area (Å²) < 4.78 is 3.57. The van der Waals surface area contributed by atoms with Crippen LogP contribution in [0.1, 0.15) is 12.5 Å². The summed E-state index contributed by atoms with van der Waals surface area (Å²) in [5.74, 6) is 0. The van der Waals surface area contributed by atoms with Crippen LogP contribution in [0.5, 0.6) is 0 Å². The molecule has 7 heteroatoms. The molecule has 0 radical (unpaired) electrons. The average Bonchev–Trinajstić information content (AvgIpc) is 3.46. The van der Waals surface area contributed by atoms with Crippen molar-refractivity contribution in [2.24, 2.45) is 7.05 Å². The van der Waals surface area contributed by atoms with E-state index in [1.54, 1.807) is 17.8 Å². The second kappa shape index (κ2) is 7.39. The maximum atomic E-state index is 13.1. The van der Waals surface area contributed by atoms with Gasteiger partial charge >= 0.3 is 5.69 Å². The van der Waals surface area contributed by atoms with Gasteiger partial charge in [0, 0.05) is 30.9 Å². The summed E-state index contributed by atoms with van der Waals surface area (Å²) in [5.41, 5.74) is 6.90. The van der Waals surface area contributed by atoms with Gasteiger partial charge in [-0.15, -0.1) is 0 Å². The SMILES string of the molecule is Cn1c(=O)n(C2CCNC2)c2c3nc(-c4ccc(-c5ccccc5)nc4)ccc3ncc21. The molecule has 1 fully saturated rings. The number of imidazole rings is 1. The summed E-state index contributed by atoms with van der Waals surface area (Å²) >= 11 is 0.